The number of benzene rings is 1. The number of nitrogens with zero attached hydrogens (tertiary/aromatic N) is 1. The van der Waals surface area contributed by atoms with Gasteiger partial charge >= 0.3 is 0 Å². The van der Waals surface area contributed by atoms with Crippen LogP contribution in [0.1, 0.15) is 29.4 Å². The average Bonchev–Trinajstić information content (AvgIpc) is 3.41. The quantitative estimate of drug-likeness (QED) is 0.602. The lowest BCUT2D eigenvalue weighted by Gasteiger charge is -2.44. The summed E-state index contributed by atoms with van der Waals surface area (Å²) >= 11 is 7.77. The zero-order valence-corrected chi connectivity index (χ0v) is 18.1. The largest absolute Gasteiger partial charge is 0.508 e. The van der Waals surface area contributed by atoms with Gasteiger partial charge in [0, 0.05) is 16.7 Å². The molecule has 3 fully saturated rings. The molecule has 0 spiro atoms. The van der Waals surface area contributed by atoms with E-state index in [1.54, 1.807) is 6.07 Å². The monoisotopic (exact) mass is 463 g/mol. The first kappa shape index (κ1) is 20.9. The van der Waals surface area contributed by atoms with Gasteiger partial charge in [-0.25, -0.2) is 0 Å². The number of thiophene rings is 1. The number of hydrogen-bond acceptors (Lipinski definition) is 7. The van der Waals surface area contributed by atoms with Crippen LogP contribution in [0.5, 0.6) is 5.75 Å². The predicted octanol–water partition coefficient (Wildman–Crippen LogP) is 2.69. The van der Waals surface area contributed by atoms with Crippen molar-refractivity contribution >= 4 is 34.8 Å². The van der Waals surface area contributed by atoms with Crippen molar-refractivity contribution in [1.82, 2.24) is 4.90 Å². The van der Waals surface area contributed by atoms with Crippen molar-refractivity contribution in [3.8, 4) is 5.75 Å². The molecule has 2 amide bonds. The molecular weight excluding hydrogens is 442 g/mol. The van der Waals surface area contributed by atoms with Crippen molar-refractivity contribution < 1.29 is 29.6 Å². The molecule has 9 heteroatoms. The van der Waals surface area contributed by atoms with Crippen LogP contribution in [0.3, 0.4) is 0 Å². The van der Waals surface area contributed by atoms with E-state index in [0.29, 0.717) is 5.56 Å². The molecule has 7 nitrogen and oxygen atoms in total. The van der Waals surface area contributed by atoms with Crippen LogP contribution in [-0.2, 0) is 20.9 Å². The number of rotatable bonds is 4. The van der Waals surface area contributed by atoms with Gasteiger partial charge in [-0.05, 0) is 42.0 Å². The number of ether oxygens (including phenoxy) is 1. The van der Waals surface area contributed by atoms with Gasteiger partial charge in [0.05, 0.1) is 36.1 Å². The number of carbonyl (C=O) groups excluding carboxylic acids is 2. The van der Waals surface area contributed by atoms with E-state index in [4.69, 9.17) is 16.3 Å². The van der Waals surface area contributed by atoms with E-state index >= 15 is 0 Å². The minimum Gasteiger partial charge on any atom is -0.508 e. The molecule has 5 rings (SSSR count). The average molecular weight is 464 g/mol. The van der Waals surface area contributed by atoms with E-state index in [0.717, 1.165) is 4.88 Å². The molecular formula is C22H22ClNO6S. The maximum Gasteiger partial charge on any atom is 0.233 e. The first-order chi connectivity index (χ1) is 14.8. The van der Waals surface area contributed by atoms with Gasteiger partial charge in [-0.1, -0.05) is 23.7 Å². The summed E-state index contributed by atoms with van der Waals surface area (Å²) in [5.74, 6) is -4.93. The summed E-state index contributed by atoms with van der Waals surface area (Å²) in [5, 5.41) is 33.3. The van der Waals surface area contributed by atoms with Gasteiger partial charge < -0.3 is 20.1 Å². The molecule has 2 aliphatic heterocycles. The van der Waals surface area contributed by atoms with E-state index in [9.17, 15) is 24.9 Å². The highest BCUT2D eigenvalue weighted by Gasteiger charge is 2.66. The van der Waals surface area contributed by atoms with Crippen molar-refractivity contribution in [2.75, 3.05) is 6.61 Å². The van der Waals surface area contributed by atoms with E-state index in [-0.39, 0.29) is 48.6 Å². The van der Waals surface area contributed by atoms with E-state index in [1.807, 2.05) is 17.5 Å². The third kappa shape index (κ3) is 3.20. The highest BCUT2D eigenvalue weighted by molar-refractivity contribution is 7.09. The number of halogens is 1. The van der Waals surface area contributed by atoms with Crippen LogP contribution < -0.4 is 0 Å². The lowest BCUT2D eigenvalue weighted by molar-refractivity contribution is -0.274. The Morgan fingerprint density at radius 1 is 1.23 bits per heavy atom. The van der Waals surface area contributed by atoms with Gasteiger partial charge in [0.15, 0.2) is 5.79 Å². The summed E-state index contributed by atoms with van der Waals surface area (Å²) in [7, 11) is 0. The molecule has 0 unspecified atom stereocenters. The van der Waals surface area contributed by atoms with E-state index < -0.39 is 35.6 Å². The molecule has 2 saturated heterocycles. The van der Waals surface area contributed by atoms with E-state index in [1.165, 1.54) is 28.4 Å². The molecule has 1 aromatic heterocycles. The van der Waals surface area contributed by atoms with Gasteiger partial charge in [-0.3, -0.25) is 14.5 Å². The van der Waals surface area contributed by atoms with Crippen LogP contribution in [0.25, 0.3) is 0 Å². The fraction of sp³-hybridized carbons (Fsp3) is 0.455. The standard InChI is InChI=1S/C22H22ClNO6S/c23-17-7-12(26)3-4-14(17)18-8-16-19-15(6-11(10-25)22(16,29)30-18)20(27)24(21(19)28)9-13-2-1-5-31-13/h1-5,7,11,15-16,18-19,25-26,29H,6,8-10H2/t11-,15+,16+,18+,19+,22-/m1/s1. The van der Waals surface area contributed by atoms with Crippen LogP contribution in [0.2, 0.25) is 5.02 Å². The third-order valence-corrected chi connectivity index (χ3v) is 8.09. The van der Waals surface area contributed by atoms with E-state index in [2.05, 4.69) is 0 Å². The van der Waals surface area contributed by atoms with Gasteiger partial charge in [-0.15, -0.1) is 11.3 Å². The Bertz CT molecular complexity index is 1030. The zero-order valence-electron chi connectivity index (χ0n) is 16.5. The third-order valence-electron chi connectivity index (χ3n) is 6.90. The molecule has 1 aliphatic carbocycles. The highest BCUT2D eigenvalue weighted by Crippen LogP contribution is 2.58. The number of fused-ring (bicyclic) bond motifs is 3. The molecule has 3 heterocycles. The van der Waals surface area contributed by atoms with Crippen LogP contribution in [0.15, 0.2) is 35.7 Å². The van der Waals surface area contributed by atoms with Gasteiger partial charge in [0.25, 0.3) is 0 Å². The summed E-state index contributed by atoms with van der Waals surface area (Å²) in [6.45, 7) is -0.149. The number of aromatic hydroxyl groups is 1. The Balaban J connectivity index is 1.49. The van der Waals surface area contributed by atoms with Crippen LogP contribution >= 0.6 is 22.9 Å². The number of amides is 2. The van der Waals surface area contributed by atoms with Crippen LogP contribution in [0, 0.1) is 23.7 Å². The number of phenols is 1. The van der Waals surface area contributed by atoms with Crippen molar-refractivity contribution in [1.29, 1.82) is 0 Å². The molecule has 31 heavy (non-hydrogen) atoms. The first-order valence-electron chi connectivity index (χ1n) is 10.2. The second-order valence-corrected chi connectivity index (χ2v) is 9.94. The predicted molar refractivity (Wildman–Crippen MR) is 112 cm³/mol. The molecule has 164 valence electrons. The smallest absolute Gasteiger partial charge is 0.233 e. The second kappa shape index (κ2) is 7.56. The summed E-state index contributed by atoms with van der Waals surface area (Å²) in [4.78, 5) is 28.7. The number of aliphatic hydroxyl groups excluding tert-OH is 1. The molecule has 1 aromatic carbocycles. The summed E-state index contributed by atoms with van der Waals surface area (Å²) in [6, 6.07) is 8.25. The van der Waals surface area contributed by atoms with Gasteiger partial charge in [-0.2, -0.15) is 0 Å². The van der Waals surface area contributed by atoms with Crippen molar-refractivity contribution in [2.24, 2.45) is 23.7 Å². The maximum absolute atomic E-state index is 13.3. The Labute approximate surface area is 187 Å². The Hall–Kier alpha value is -1.97. The maximum atomic E-state index is 13.3. The second-order valence-electron chi connectivity index (χ2n) is 8.50. The Kier molecular flexibility index (Phi) is 5.10. The fourth-order valence-electron chi connectivity index (χ4n) is 5.44. The van der Waals surface area contributed by atoms with Crippen molar-refractivity contribution in [2.45, 2.75) is 31.3 Å². The molecule has 0 radical (unpaired) electrons. The lowest BCUT2D eigenvalue weighted by Crippen LogP contribution is -2.54. The molecule has 6 atom stereocenters. The normalized spacial score (nSPS) is 34.8. The molecule has 3 N–H and O–H groups in total. The summed E-state index contributed by atoms with van der Waals surface area (Å²) in [5.41, 5.74) is 0.586. The topological polar surface area (TPSA) is 107 Å². The Morgan fingerprint density at radius 2 is 2.03 bits per heavy atom. The molecule has 2 aromatic rings. The number of aliphatic hydroxyl groups is 2. The van der Waals surface area contributed by atoms with Crippen molar-refractivity contribution in [3.63, 3.8) is 0 Å². The summed E-state index contributed by atoms with van der Waals surface area (Å²) < 4.78 is 6.05. The number of imide groups is 1. The number of phenolic OH excluding ortho intramolecular Hbond substituents is 1. The number of carbonyl (C=O) groups is 2. The van der Waals surface area contributed by atoms with Crippen molar-refractivity contribution in [3.05, 3.63) is 51.2 Å². The lowest BCUT2D eigenvalue weighted by atomic mass is 9.64. The number of hydrogen-bond donors (Lipinski definition) is 3. The van der Waals surface area contributed by atoms with Crippen LogP contribution in [-0.4, -0.2) is 44.4 Å². The Morgan fingerprint density at radius 3 is 2.71 bits per heavy atom. The minimum atomic E-state index is -1.74. The van der Waals surface area contributed by atoms with Gasteiger partial charge in [0.1, 0.15) is 5.75 Å². The highest BCUT2D eigenvalue weighted by atomic mass is 35.5. The SMILES string of the molecule is O=C1[C@H]2[C@H](C[C@H](CO)[C@@]3(O)O[C@H](c4ccc(O)cc4Cl)C[C@@H]23)C(=O)N1Cc1cccs1. The molecule has 0 bridgehead atoms. The summed E-state index contributed by atoms with van der Waals surface area (Å²) in [6.07, 6.45) is -0.162. The number of likely N-dealkylation sites (tertiary alicyclic amines) is 1. The van der Waals surface area contributed by atoms with Crippen LogP contribution in [0.4, 0.5) is 0 Å². The van der Waals surface area contributed by atoms with Gasteiger partial charge in [0.2, 0.25) is 11.8 Å². The molecule has 3 aliphatic rings. The first-order valence-corrected chi connectivity index (χ1v) is 11.5. The minimum absolute atomic E-state index is 0.0111. The molecule has 1 saturated carbocycles. The fourth-order valence-corrected chi connectivity index (χ4v) is 6.43. The zero-order chi connectivity index (χ0) is 21.9.